The van der Waals surface area contributed by atoms with Crippen molar-refractivity contribution in [1.82, 2.24) is 0 Å². The van der Waals surface area contributed by atoms with Crippen molar-refractivity contribution in [3.8, 4) is 5.75 Å². The largest absolute Gasteiger partial charge is 0.507 e. The number of aromatic hydroxyl groups is 1. The number of phenolic OH excluding ortho intramolecular Hbond substituents is 1. The molecule has 1 amide bonds. The Morgan fingerprint density at radius 3 is 2.02 bits per heavy atom. The molecule has 22 heteroatoms. The summed E-state index contributed by atoms with van der Waals surface area (Å²) in [6, 6.07) is 11.0. The molecule has 4 rings (SSSR count). The number of anilines is 2. The highest BCUT2D eigenvalue weighted by molar-refractivity contribution is 7.94. The first-order valence-electron chi connectivity index (χ1n) is 14.3. The molecule has 0 aromatic heterocycles. The van der Waals surface area contributed by atoms with Gasteiger partial charge >= 0.3 is 0 Å². The number of carbonyl (C=O) groups is 1. The van der Waals surface area contributed by atoms with E-state index in [9.17, 15) is 52.7 Å². The number of benzene rings is 4. The lowest BCUT2D eigenvalue weighted by molar-refractivity contribution is -0.116. The number of nitrogen functional groups attached to an aromatic ring is 1. The second-order valence-electron chi connectivity index (χ2n) is 10.6. The Balaban J connectivity index is 1.85. The summed E-state index contributed by atoms with van der Waals surface area (Å²) in [5.41, 5.74) is 4.50. The zero-order chi connectivity index (χ0) is 38.6. The van der Waals surface area contributed by atoms with Gasteiger partial charge in [0.15, 0.2) is 19.7 Å². The summed E-state index contributed by atoms with van der Waals surface area (Å²) in [5.74, 6) is -1.85. The summed E-state index contributed by atoms with van der Waals surface area (Å²) in [6.07, 6.45) is -0.465. The maximum Gasteiger partial charge on any atom is 0.296 e. The van der Waals surface area contributed by atoms with Crippen molar-refractivity contribution < 1.29 is 52.7 Å². The van der Waals surface area contributed by atoms with E-state index >= 15 is 0 Å². The number of nitrogens with zero attached hydrogens (tertiary/aromatic N) is 4. The number of carbonyl (C=O) groups excluding carboxylic acids is 1. The van der Waals surface area contributed by atoms with Gasteiger partial charge in [0, 0.05) is 23.3 Å². The van der Waals surface area contributed by atoms with Crippen molar-refractivity contribution in [2.24, 2.45) is 20.5 Å². The summed E-state index contributed by atoms with van der Waals surface area (Å²) in [5, 5.41) is 30.2. The molecule has 0 aliphatic rings. The van der Waals surface area contributed by atoms with Crippen molar-refractivity contribution in [2.45, 2.75) is 27.5 Å². The number of hydrogen-bond acceptors (Lipinski definition) is 15. The van der Waals surface area contributed by atoms with Gasteiger partial charge in [0.1, 0.15) is 27.7 Å². The highest BCUT2D eigenvalue weighted by Crippen LogP contribution is 2.42. The van der Waals surface area contributed by atoms with Gasteiger partial charge in [-0.15, -0.1) is 15.3 Å². The fourth-order valence-corrected chi connectivity index (χ4v) is 7.02. The predicted octanol–water partition coefficient (Wildman–Crippen LogP) is 5.65. The Morgan fingerprint density at radius 2 is 1.42 bits per heavy atom. The van der Waals surface area contributed by atoms with E-state index in [0.717, 1.165) is 35.1 Å². The summed E-state index contributed by atoms with van der Waals surface area (Å²) >= 11 is 0. The predicted molar refractivity (Wildman–Crippen MR) is 190 cm³/mol. The zero-order valence-corrected chi connectivity index (χ0v) is 29.7. The minimum absolute atomic E-state index is 0.0306. The second-order valence-corrected chi connectivity index (χ2v) is 17.4. The lowest BCUT2D eigenvalue weighted by atomic mass is 10.1. The van der Waals surface area contributed by atoms with E-state index < -0.39 is 72.8 Å². The third kappa shape index (κ3) is 9.48. The highest BCUT2D eigenvalue weighted by Gasteiger charge is 2.22. The molecule has 0 bridgehead atoms. The fourth-order valence-electron chi connectivity index (χ4n) is 4.44. The van der Waals surface area contributed by atoms with Crippen LogP contribution in [0.15, 0.2) is 120 Å². The third-order valence-corrected chi connectivity index (χ3v) is 11.5. The maximum atomic E-state index is 12.9. The number of amides is 1. The molecule has 0 radical (unpaired) electrons. The number of hydrogen-bond donors (Lipinski definition) is 5. The molecule has 52 heavy (non-hydrogen) atoms. The summed E-state index contributed by atoms with van der Waals surface area (Å²) in [6.45, 7) is 6.45. The topological polar surface area (TPSA) is 302 Å². The van der Waals surface area contributed by atoms with E-state index in [2.05, 4.69) is 38.9 Å². The quantitative estimate of drug-likeness (QED) is 0.0587. The minimum atomic E-state index is -5.13. The van der Waals surface area contributed by atoms with Crippen LogP contribution in [-0.4, -0.2) is 59.5 Å². The van der Waals surface area contributed by atoms with Crippen LogP contribution in [0.4, 0.5) is 34.1 Å². The average molecular weight is 793 g/mol. The Labute approximate surface area is 297 Å². The standard InChI is InChI=1S/C30H28N6O12S4/c1-3-49(39,40)13-5-6-28(38)32-23-16-25(35-36-30-22(31)12-7-18-14-21(51(43,44)45)15-26(37)29(18)30)27(52(46,47)48)17-24(23)34-33-19-8-10-20(11-9-19)50(41,42)4-2/h3-4,7-12,14-17,37H,1-2,5-6,13,31H2,(H,32,38)(H,43,44,45)(H,46,47,48)/b34-33+,36-35+. The normalized spacial score (nSPS) is 12.7. The van der Waals surface area contributed by atoms with Gasteiger partial charge in [0.25, 0.3) is 20.2 Å². The minimum Gasteiger partial charge on any atom is -0.507 e. The Hall–Kier alpha value is -5.39. The van der Waals surface area contributed by atoms with Gasteiger partial charge in [-0.1, -0.05) is 19.2 Å². The highest BCUT2D eigenvalue weighted by atomic mass is 32.2. The van der Waals surface area contributed by atoms with Gasteiger partial charge in [-0.25, -0.2) is 16.8 Å². The van der Waals surface area contributed by atoms with Crippen LogP contribution in [0.2, 0.25) is 0 Å². The molecule has 0 saturated heterocycles. The summed E-state index contributed by atoms with van der Waals surface area (Å²) in [7, 11) is -17.3. The van der Waals surface area contributed by atoms with E-state index in [0.29, 0.717) is 0 Å². The van der Waals surface area contributed by atoms with Gasteiger partial charge in [-0.2, -0.15) is 21.9 Å². The van der Waals surface area contributed by atoms with E-state index in [1.165, 1.54) is 36.4 Å². The van der Waals surface area contributed by atoms with Crippen molar-refractivity contribution in [3.05, 3.63) is 84.6 Å². The van der Waals surface area contributed by atoms with Crippen LogP contribution in [0.1, 0.15) is 12.8 Å². The summed E-state index contributed by atoms with van der Waals surface area (Å²) in [4.78, 5) is 11.2. The Kier molecular flexibility index (Phi) is 11.4. The monoisotopic (exact) mass is 792 g/mol. The van der Waals surface area contributed by atoms with Gasteiger partial charge < -0.3 is 16.2 Å². The molecular formula is C30H28N6O12S4. The van der Waals surface area contributed by atoms with Crippen LogP contribution in [0.3, 0.4) is 0 Å². The average Bonchev–Trinajstić information content (AvgIpc) is 3.06. The van der Waals surface area contributed by atoms with Crippen LogP contribution >= 0.6 is 0 Å². The van der Waals surface area contributed by atoms with Crippen molar-refractivity contribution in [3.63, 3.8) is 0 Å². The lowest BCUT2D eigenvalue weighted by Crippen LogP contribution is -2.13. The Bertz CT molecular complexity index is 2620. The third-order valence-electron chi connectivity index (χ3n) is 7.00. The van der Waals surface area contributed by atoms with E-state index in [1.807, 2.05) is 0 Å². The molecule has 0 aliphatic heterocycles. The number of phenols is 1. The molecule has 0 atom stereocenters. The number of fused-ring (bicyclic) bond motifs is 1. The fraction of sp³-hybridized carbons (Fsp3) is 0.100. The summed E-state index contributed by atoms with van der Waals surface area (Å²) < 4.78 is 116. The van der Waals surface area contributed by atoms with E-state index in [1.54, 1.807) is 0 Å². The van der Waals surface area contributed by atoms with Crippen LogP contribution in [0, 0.1) is 0 Å². The van der Waals surface area contributed by atoms with Gasteiger partial charge in [0.2, 0.25) is 5.91 Å². The molecule has 4 aromatic rings. The number of azo groups is 2. The van der Waals surface area contributed by atoms with E-state index in [-0.39, 0.29) is 56.9 Å². The smallest absolute Gasteiger partial charge is 0.296 e. The van der Waals surface area contributed by atoms with Gasteiger partial charge in [0.05, 0.1) is 38.0 Å². The van der Waals surface area contributed by atoms with E-state index in [4.69, 9.17) is 5.73 Å². The molecule has 0 aliphatic carbocycles. The van der Waals surface area contributed by atoms with Crippen LogP contribution in [0.25, 0.3) is 10.8 Å². The molecule has 0 heterocycles. The number of rotatable bonds is 14. The van der Waals surface area contributed by atoms with Gasteiger partial charge in [-0.05, 0) is 60.3 Å². The van der Waals surface area contributed by atoms with Crippen molar-refractivity contribution in [1.29, 1.82) is 0 Å². The molecule has 0 spiro atoms. The molecule has 274 valence electrons. The second kappa shape index (κ2) is 15.1. The van der Waals surface area contributed by atoms with Crippen molar-refractivity contribution in [2.75, 3.05) is 16.8 Å². The first-order valence-corrected chi connectivity index (χ1v) is 20.4. The van der Waals surface area contributed by atoms with Gasteiger partial charge in [-0.3, -0.25) is 13.9 Å². The molecule has 6 N–H and O–H groups in total. The lowest BCUT2D eigenvalue weighted by Gasteiger charge is -2.12. The Morgan fingerprint density at radius 1 is 0.769 bits per heavy atom. The van der Waals surface area contributed by atoms with Crippen molar-refractivity contribution >= 4 is 90.7 Å². The molecule has 4 aromatic carbocycles. The zero-order valence-electron chi connectivity index (χ0n) is 26.5. The molecule has 0 fully saturated rings. The SMILES string of the molecule is C=CS(=O)(=O)CCCC(=O)Nc1cc(/N=N/c2c(N)ccc3cc(S(=O)(=O)O)cc(O)c23)c(S(=O)(=O)O)cc1/N=N/c1ccc(S(=O)(=O)C=C)cc1. The molecule has 18 nitrogen and oxygen atoms in total. The van der Waals surface area contributed by atoms with Crippen LogP contribution < -0.4 is 11.1 Å². The number of sulfone groups is 2. The first kappa shape index (κ1) is 39.4. The number of nitrogens with two attached hydrogens (primary N) is 1. The van der Waals surface area contributed by atoms with Crippen LogP contribution in [0.5, 0.6) is 5.75 Å². The molecule has 0 saturated carbocycles. The first-order chi connectivity index (χ1) is 24.1. The molecular weight excluding hydrogens is 765 g/mol. The maximum absolute atomic E-state index is 12.9. The molecule has 0 unspecified atom stereocenters. The number of nitrogens with one attached hydrogen (secondary N) is 1. The van der Waals surface area contributed by atoms with Crippen LogP contribution in [-0.2, 0) is 44.7 Å².